The van der Waals surface area contributed by atoms with Gasteiger partial charge in [-0.2, -0.15) is 0 Å². The van der Waals surface area contributed by atoms with E-state index in [1.54, 1.807) is 6.92 Å². The van der Waals surface area contributed by atoms with Crippen LogP contribution in [-0.2, 0) is 10.3 Å². The topological polar surface area (TPSA) is 50.7 Å². The Balaban J connectivity index is 2.20. The summed E-state index contributed by atoms with van der Waals surface area (Å²) in [5, 5.41) is 13.8. The third-order valence-electron chi connectivity index (χ3n) is 4.53. The van der Waals surface area contributed by atoms with Crippen LogP contribution in [0.1, 0.15) is 43.6 Å². The molecule has 0 amide bonds. The highest BCUT2D eigenvalue weighted by molar-refractivity contribution is 5.49. The molecule has 1 saturated heterocycles. The molecule has 2 aromatic carbocycles. The summed E-state index contributed by atoms with van der Waals surface area (Å²) in [5.74, 6) is 0.821. The van der Waals surface area contributed by atoms with Crippen LogP contribution in [-0.4, -0.2) is 30.9 Å². The SMILES string of the molecule is CC(C)Oc1ccccc1C1(c2ccccc2C(C)O)CNCCO1. The number of nitrogens with one attached hydrogen (secondary N) is 1. The molecular weight excluding hydrogens is 314 g/mol. The second-order valence-electron chi connectivity index (χ2n) is 6.78. The van der Waals surface area contributed by atoms with Gasteiger partial charge < -0.3 is 19.9 Å². The molecule has 4 nitrogen and oxygen atoms in total. The van der Waals surface area contributed by atoms with Gasteiger partial charge in [0.1, 0.15) is 11.4 Å². The van der Waals surface area contributed by atoms with Crippen molar-refractivity contribution < 1.29 is 14.6 Å². The summed E-state index contributed by atoms with van der Waals surface area (Å²) in [5.41, 5.74) is 2.17. The average molecular weight is 341 g/mol. The highest BCUT2D eigenvalue weighted by Gasteiger charge is 2.41. The lowest BCUT2D eigenvalue weighted by molar-refractivity contribution is -0.0438. The molecule has 1 heterocycles. The van der Waals surface area contributed by atoms with Crippen LogP contribution in [0.5, 0.6) is 5.75 Å². The number of benzene rings is 2. The van der Waals surface area contributed by atoms with Crippen LogP contribution in [0.15, 0.2) is 48.5 Å². The molecule has 0 aromatic heterocycles. The fraction of sp³-hybridized carbons (Fsp3) is 0.429. The molecule has 1 fully saturated rings. The zero-order chi connectivity index (χ0) is 17.9. The van der Waals surface area contributed by atoms with Crippen LogP contribution in [0.25, 0.3) is 0 Å². The maximum atomic E-state index is 10.3. The summed E-state index contributed by atoms with van der Waals surface area (Å²) < 4.78 is 12.5. The van der Waals surface area contributed by atoms with E-state index in [0.717, 1.165) is 29.0 Å². The van der Waals surface area contributed by atoms with E-state index in [9.17, 15) is 5.11 Å². The van der Waals surface area contributed by atoms with E-state index < -0.39 is 11.7 Å². The van der Waals surface area contributed by atoms with Gasteiger partial charge in [-0.25, -0.2) is 0 Å². The zero-order valence-corrected chi connectivity index (χ0v) is 15.2. The smallest absolute Gasteiger partial charge is 0.134 e. The summed E-state index contributed by atoms with van der Waals surface area (Å²) in [6, 6.07) is 16.0. The lowest BCUT2D eigenvalue weighted by Gasteiger charge is -2.41. The number of ether oxygens (including phenoxy) is 2. The molecule has 1 aliphatic rings. The number of para-hydroxylation sites is 1. The molecular formula is C21H27NO3. The number of aliphatic hydroxyl groups is 1. The maximum Gasteiger partial charge on any atom is 0.134 e. The van der Waals surface area contributed by atoms with Crippen LogP contribution < -0.4 is 10.1 Å². The Bertz CT molecular complexity index is 706. The Morgan fingerprint density at radius 1 is 1.04 bits per heavy atom. The Kier molecular flexibility index (Phi) is 5.42. The monoisotopic (exact) mass is 341 g/mol. The van der Waals surface area contributed by atoms with Crippen molar-refractivity contribution in [2.24, 2.45) is 0 Å². The first-order valence-corrected chi connectivity index (χ1v) is 8.93. The van der Waals surface area contributed by atoms with E-state index in [4.69, 9.17) is 9.47 Å². The molecule has 0 bridgehead atoms. The van der Waals surface area contributed by atoms with Crippen molar-refractivity contribution in [3.8, 4) is 5.75 Å². The van der Waals surface area contributed by atoms with Gasteiger partial charge in [0.25, 0.3) is 0 Å². The van der Waals surface area contributed by atoms with Gasteiger partial charge in [-0.1, -0.05) is 42.5 Å². The summed E-state index contributed by atoms with van der Waals surface area (Å²) >= 11 is 0. The first-order chi connectivity index (χ1) is 12.0. The van der Waals surface area contributed by atoms with Gasteiger partial charge in [-0.3, -0.25) is 0 Å². The van der Waals surface area contributed by atoms with Crippen molar-refractivity contribution in [2.75, 3.05) is 19.7 Å². The van der Waals surface area contributed by atoms with Gasteiger partial charge in [0.15, 0.2) is 0 Å². The molecule has 2 unspecified atom stereocenters. The largest absolute Gasteiger partial charge is 0.491 e. The molecule has 0 saturated carbocycles. The molecule has 2 N–H and O–H groups in total. The number of hydrogen-bond acceptors (Lipinski definition) is 4. The normalized spacial score (nSPS) is 22.0. The minimum absolute atomic E-state index is 0.0711. The van der Waals surface area contributed by atoms with Gasteiger partial charge >= 0.3 is 0 Å². The van der Waals surface area contributed by atoms with E-state index in [1.807, 2.05) is 56.3 Å². The van der Waals surface area contributed by atoms with E-state index in [-0.39, 0.29) is 6.10 Å². The molecule has 134 valence electrons. The van der Waals surface area contributed by atoms with E-state index >= 15 is 0 Å². The molecule has 1 aliphatic heterocycles. The van der Waals surface area contributed by atoms with Crippen LogP contribution >= 0.6 is 0 Å². The first kappa shape index (κ1) is 17.9. The van der Waals surface area contributed by atoms with Gasteiger partial charge in [-0.15, -0.1) is 0 Å². The van der Waals surface area contributed by atoms with Crippen molar-refractivity contribution in [1.29, 1.82) is 0 Å². The molecule has 0 spiro atoms. The number of aliphatic hydroxyl groups excluding tert-OH is 1. The van der Waals surface area contributed by atoms with Crippen molar-refractivity contribution in [3.63, 3.8) is 0 Å². The van der Waals surface area contributed by atoms with Crippen LogP contribution in [0.3, 0.4) is 0 Å². The molecule has 2 atom stereocenters. The summed E-state index contributed by atoms with van der Waals surface area (Å²) in [7, 11) is 0. The third-order valence-corrected chi connectivity index (χ3v) is 4.53. The van der Waals surface area contributed by atoms with Gasteiger partial charge in [0, 0.05) is 18.7 Å². The minimum Gasteiger partial charge on any atom is -0.491 e. The lowest BCUT2D eigenvalue weighted by atomic mass is 9.81. The quantitative estimate of drug-likeness (QED) is 0.875. The predicted octanol–water partition coefficient (Wildman–Crippen LogP) is 3.39. The fourth-order valence-electron chi connectivity index (χ4n) is 3.49. The Labute approximate surface area is 149 Å². The number of rotatable bonds is 5. The first-order valence-electron chi connectivity index (χ1n) is 8.93. The zero-order valence-electron chi connectivity index (χ0n) is 15.2. The number of morpholine rings is 1. The van der Waals surface area contributed by atoms with Crippen LogP contribution in [0, 0.1) is 0 Å². The summed E-state index contributed by atoms with van der Waals surface area (Å²) in [6.07, 6.45) is -0.501. The summed E-state index contributed by atoms with van der Waals surface area (Å²) in [4.78, 5) is 0. The van der Waals surface area contributed by atoms with Crippen molar-refractivity contribution in [3.05, 3.63) is 65.2 Å². The van der Waals surface area contributed by atoms with Crippen LogP contribution in [0.2, 0.25) is 0 Å². The Hall–Kier alpha value is -1.88. The second-order valence-corrected chi connectivity index (χ2v) is 6.78. The van der Waals surface area contributed by atoms with Crippen molar-refractivity contribution in [1.82, 2.24) is 5.32 Å². The highest BCUT2D eigenvalue weighted by Crippen LogP contribution is 2.42. The lowest BCUT2D eigenvalue weighted by Crippen LogP contribution is -2.49. The highest BCUT2D eigenvalue weighted by atomic mass is 16.5. The van der Waals surface area contributed by atoms with Gasteiger partial charge in [0.2, 0.25) is 0 Å². The molecule has 25 heavy (non-hydrogen) atoms. The second kappa shape index (κ2) is 7.56. The molecule has 0 radical (unpaired) electrons. The standard InChI is InChI=1S/C21H27NO3/c1-15(2)25-20-11-7-6-10-19(20)21(14-22-12-13-24-21)18-9-5-4-8-17(18)16(3)23/h4-11,15-16,22-23H,12-14H2,1-3H3. The molecule has 3 rings (SSSR count). The van der Waals surface area contributed by atoms with Gasteiger partial charge in [0.05, 0.1) is 18.8 Å². The third kappa shape index (κ3) is 3.56. The maximum absolute atomic E-state index is 10.3. The van der Waals surface area contributed by atoms with E-state index in [0.29, 0.717) is 13.2 Å². The van der Waals surface area contributed by atoms with Crippen molar-refractivity contribution in [2.45, 2.75) is 38.6 Å². The van der Waals surface area contributed by atoms with Gasteiger partial charge in [-0.05, 0) is 38.0 Å². The molecule has 2 aromatic rings. The van der Waals surface area contributed by atoms with E-state index in [1.165, 1.54) is 0 Å². The molecule has 0 aliphatic carbocycles. The van der Waals surface area contributed by atoms with Crippen LogP contribution in [0.4, 0.5) is 0 Å². The number of hydrogen-bond donors (Lipinski definition) is 2. The minimum atomic E-state index is -0.683. The molecule has 4 heteroatoms. The predicted molar refractivity (Wildman–Crippen MR) is 98.9 cm³/mol. The van der Waals surface area contributed by atoms with E-state index in [2.05, 4.69) is 11.4 Å². The Morgan fingerprint density at radius 2 is 1.72 bits per heavy atom. The fourth-order valence-corrected chi connectivity index (χ4v) is 3.49. The summed E-state index contributed by atoms with van der Waals surface area (Å²) in [6.45, 7) is 7.88. The van der Waals surface area contributed by atoms with Crippen molar-refractivity contribution >= 4 is 0 Å². The average Bonchev–Trinajstić information content (AvgIpc) is 2.62. The Morgan fingerprint density at radius 3 is 2.36 bits per heavy atom.